The van der Waals surface area contributed by atoms with E-state index in [-0.39, 0.29) is 0 Å². The van der Waals surface area contributed by atoms with Gasteiger partial charge in [0, 0.05) is 25.0 Å². The lowest BCUT2D eigenvalue weighted by molar-refractivity contribution is 0.205. The molecule has 1 aliphatic heterocycles. The first kappa shape index (κ1) is 13.5. The van der Waals surface area contributed by atoms with Crippen LogP contribution < -0.4 is 0 Å². The Bertz CT molecular complexity index is 804. The van der Waals surface area contributed by atoms with Crippen molar-refractivity contribution in [2.45, 2.75) is 39.3 Å². The molecule has 3 aromatic rings. The van der Waals surface area contributed by atoms with Gasteiger partial charge in [0.2, 0.25) is 0 Å². The molecule has 1 saturated heterocycles. The standard InChI is InChI=1S/C17H20N4O/c1-12-5-3-8-21-11-14(18-17(12)21)10-20-7-4-6-15(20)16-9-13(2)19-22-16/h3,5,8-9,11,15H,4,6-7,10H2,1-2H3. The van der Waals surface area contributed by atoms with Crippen LogP contribution in [0, 0.1) is 13.8 Å². The second kappa shape index (κ2) is 5.25. The van der Waals surface area contributed by atoms with Gasteiger partial charge in [0.05, 0.1) is 17.4 Å². The Morgan fingerprint density at radius 2 is 2.27 bits per heavy atom. The highest BCUT2D eigenvalue weighted by Crippen LogP contribution is 2.33. The normalized spacial score (nSPS) is 19.3. The lowest BCUT2D eigenvalue weighted by Gasteiger charge is -2.20. The highest BCUT2D eigenvalue weighted by atomic mass is 16.5. The molecule has 0 saturated carbocycles. The fraction of sp³-hybridized carbons (Fsp3) is 0.412. The van der Waals surface area contributed by atoms with E-state index < -0.39 is 0 Å². The van der Waals surface area contributed by atoms with E-state index in [1.807, 2.05) is 6.92 Å². The van der Waals surface area contributed by atoms with E-state index in [2.05, 4.69) is 52.0 Å². The van der Waals surface area contributed by atoms with Gasteiger partial charge in [-0.05, 0) is 44.9 Å². The molecule has 5 nitrogen and oxygen atoms in total. The Morgan fingerprint density at radius 3 is 3.05 bits per heavy atom. The summed E-state index contributed by atoms with van der Waals surface area (Å²) in [5.74, 6) is 0.981. The maximum absolute atomic E-state index is 5.48. The largest absolute Gasteiger partial charge is 0.359 e. The van der Waals surface area contributed by atoms with Crippen molar-refractivity contribution in [1.29, 1.82) is 0 Å². The summed E-state index contributed by atoms with van der Waals surface area (Å²) < 4.78 is 7.58. The molecule has 0 N–H and O–H groups in total. The summed E-state index contributed by atoms with van der Waals surface area (Å²) in [6.45, 7) is 6.00. The molecule has 0 amide bonds. The molecule has 1 atom stereocenters. The van der Waals surface area contributed by atoms with E-state index >= 15 is 0 Å². The van der Waals surface area contributed by atoms with Gasteiger partial charge in [-0.25, -0.2) is 4.98 Å². The van der Waals surface area contributed by atoms with E-state index in [0.717, 1.165) is 42.3 Å². The van der Waals surface area contributed by atoms with Crippen LogP contribution in [0.15, 0.2) is 35.1 Å². The van der Waals surface area contributed by atoms with E-state index in [1.54, 1.807) is 0 Å². The molecule has 0 bridgehead atoms. The Labute approximate surface area is 129 Å². The van der Waals surface area contributed by atoms with Crippen LogP contribution in [0.1, 0.15) is 41.6 Å². The summed E-state index contributed by atoms with van der Waals surface area (Å²) in [7, 11) is 0. The molecule has 114 valence electrons. The van der Waals surface area contributed by atoms with Crippen LogP contribution in [0.5, 0.6) is 0 Å². The molecule has 0 radical (unpaired) electrons. The van der Waals surface area contributed by atoms with Gasteiger partial charge >= 0.3 is 0 Å². The van der Waals surface area contributed by atoms with Crippen molar-refractivity contribution in [2.75, 3.05) is 6.54 Å². The van der Waals surface area contributed by atoms with Gasteiger partial charge in [-0.2, -0.15) is 0 Å². The van der Waals surface area contributed by atoms with Gasteiger partial charge in [-0.15, -0.1) is 0 Å². The summed E-state index contributed by atoms with van der Waals surface area (Å²) >= 11 is 0. The number of likely N-dealkylation sites (tertiary alicyclic amines) is 1. The number of rotatable bonds is 3. The zero-order chi connectivity index (χ0) is 15.1. The third-order valence-corrected chi connectivity index (χ3v) is 4.43. The monoisotopic (exact) mass is 296 g/mol. The molecule has 1 unspecified atom stereocenters. The molecule has 0 aliphatic carbocycles. The molecule has 3 aromatic heterocycles. The Balaban J connectivity index is 1.59. The topological polar surface area (TPSA) is 46.6 Å². The quantitative estimate of drug-likeness (QED) is 0.744. The van der Waals surface area contributed by atoms with Crippen molar-refractivity contribution in [2.24, 2.45) is 0 Å². The predicted molar refractivity (Wildman–Crippen MR) is 83.6 cm³/mol. The van der Waals surface area contributed by atoms with E-state index in [9.17, 15) is 0 Å². The van der Waals surface area contributed by atoms with Crippen molar-refractivity contribution >= 4 is 5.65 Å². The van der Waals surface area contributed by atoms with Crippen molar-refractivity contribution in [3.63, 3.8) is 0 Å². The van der Waals surface area contributed by atoms with E-state index in [1.165, 1.54) is 12.0 Å². The minimum absolute atomic E-state index is 0.326. The van der Waals surface area contributed by atoms with Gasteiger partial charge in [-0.3, -0.25) is 4.90 Å². The number of fused-ring (bicyclic) bond motifs is 1. The van der Waals surface area contributed by atoms with E-state index in [4.69, 9.17) is 9.51 Å². The summed E-state index contributed by atoms with van der Waals surface area (Å²) in [6, 6.07) is 6.54. The SMILES string of the molecule is Cc1cc(C2CCCN2Cc2cn3cccc(C)c3n2)on1. The van der Waals surface area contributed by atoms with Crippen molar-refractivity contribution < 1.29 is 4.52 Å². The number of aromatic nitrogens is 3. The second-order valence-corrected chi connectivity index (χ2v) is 6.15. The first-order valence-electron chi connectivity index (χ1n) is 7.81. The first-order chi connectivity index (χ1) is 10.7. The highest BCUT2D eigenvalue weighted by molar-refractivity contribution is 5.47. The predicted octanol–water partition coefficient (Wildman–Crippen LogP) is 3.28. The lowest BCUT2D eigenvalue weighted by Crippen LogP contribution is -2.22. The lowest BCUT2D eigenvalue weighted by atomic mass is 10.1. The molecule has 4 rings (SSSR count). The minimum Gasteiger partial charge on any atom is -0.359 e. The summed E-state index contributed by atoms with van der Waals surface area (Å²) in [5.41, 5.74) is 4.31. The van der Waals surface area contributed by atoms with Crippen LogP contribution in [0.2, 0.25) is 0 Å². The molecule has 0 aromatic carbocycles. The van der Waals surface area contributed by atoms with Crippen LogP contribution in [-0.4, -0.2) is 26.0 Å². The van der Waals surface area contributed by atoms with Gasteiger partial charge in [0.15, 0.2) is 5.76 Å². The average Bonchev–Trinajstić information content (AvgIpc) is 3.19. The molecule has 1 fully saturated rings. The van der Waals surface area contributed by atoms with Crippen LogP contribution in [0.3, 0.4) is 0 Å². The summed E-state index contributed by atoms with van der Waals surface area (Å²) in [4.78, 5) is 7.23. The van der Waals surface area contributed by atoms with Gasteiger partial charge in [-0.1, -0.05) is 11.2 Å². The maximum Gasteiger partial charge on any atom is 0.154 e. The van der Waals surface area contributed by atoms with Gasteiger partial charge < -0.3 is 8.92 Å². The van der Waals surface area contributed by atoms with Crippen LogP contribution in [0.25, 0.3) is 5.65 Å². The number of aryl methyl sites for hydroxylation is 2. The Kier molecular flexibility index (Phi) is 3.22. The number of hydrogen-bond acceptors (Lipinski definition) is 4. The maximum atomic E-state index is 5.48. The summed E-state index contributed by atoms with van der Waals surface area (Å²) in [5, 5.41) is 4.03. The Hall–Kier alpha value is -2.14. The molecule has 5 heteroatoms. The van der Waals surface area contributed by atoms with Crippen molar-refractivity contribution in [3.05, 3.63) is 53.3 Å². The molecular formula is C17H20N4O. The minimum atomic E-state index is 0.326. The van der Waals surface area contributed by atoms with Crippen molar-refractivity contribution in [1.82, 2.24) is 19.4 Å². The molecule has 1 aliphatic rings. The highest BCUT2D eigenvalue weighted by Gasteiger charge is 2.29. The smallest absolute Gasteiger partial charge is 0.154 e. The second-order valence-electron chi connectivity index (χ2n) is 6.15. The number of pyridine rings is 1. The average molecular weight is 296 g/mol. The third-order valence-electron chi connectivity index (χ3n) is 4.43. The molecule has 22 heavy (non-hydrogen) atoms. The fourth-order valence-electron chi connectivity index (χ4n) is 3.37. The molecule has 0 spiro atoms. The zero-order valence-electron chi connectivity index (χ0n) is 13.0. The fourth-order valence-corrected chi connectivity index (χ4v) is 3.37. The van der Waals surface area contributed by atoms with Crippen molar-refractivity contribution in [3.8, 4) is 0 Å². The van der Waals surface area contributed by atoms with Crippen LogP contribution in [-0.2, 0) is 6.54 Å². The first-order valence-corrected chi connectivity index (χ1v) is 7.81. The zero-order valence-corrected chi connectivity index (χ0v) is 13.0. The molecule has 4 heterocycles. The van der Waals surface area contributed by atoms with Crippen LogP contribution >= 0.6 is 0 Å². The summed E-state index contributed by atoms with van der Waals surface area (Å²) in [6.07, 6.45) is 6.50. The third kappa shape index (κ3) is 2.31. The number of nitrogens with zero attached hydrogens (tertiary/aromatic N) is 4. The Morgan fingerprint density at radius 1 is 1.36 bits per heavy atom. The molecular weight excluding hydrogens is 276 g/mol. The van der Waals surface area contributed by atoms with E-state index in [0.29, 0.717) is 6.04 Å². The number of hydrogen-bond donors (Lipinski definition) is 0. The van der Waals surface area contributed by atoms with Crippen LogP contribution in [0.4, 0.5) is 0 Å². The van der Waals surface area contributed by atoms with Gasteiger partial charge in [0.25, 0.3) is 0 Å². The van der Waals surface area contributed by atoms with Gasteiger partial charge in [0.1, 0.15) is 5.65 Å². The number of imidazole rings is 1.